The Hall–Kier alpha value is -2.03. The smallest absolute Gasteiger partial charge is 0.124 e. The molecule has 0 aliphatic carbocycles. The van der Waals surface area contributed by atoms with Crippen LogP contribution in [0, 0.1) is 6.92 Å². The number of nitrogens with zero attached hydrogens (tertiary/aromatic N) is 1. The van der Waals surface area contributed by atoms with Crippen LogP contribution in [0.2, 0.25) is 0 Å². The number of anilines is 1. The third-order valence-corrected chi connectivity index (χ3v) is 3.17. The maximum atomic E-state index is 5.43. The lowest BCUT2D eigenvalue weighted by Crippen LogP contribution is -2.11. The van der Waals surface area contributed by atoms with Gasteiger partial charge in [-0.25, -0.2) is 0 Å². The van der Waals surface area contributed by atoms with Gasteiger partial charge in [0.2, 0.25) is 0 Å². The molecule has 19 heavy (non-hydrogen) atoms. The van der Waals surface area contributed by atoms with Crippen molar-refractivity contribution in [3.8, 4) is 5.75 Å². The molecule has 1 unspecified atom stereocenters. The van der Waals surface area contributed by atoms with Crippen LogP contribution in [0.3, 0.4) is 0 Å². The molecule has 0 amide bonds. The molecule has 1 aromatic carbocycles. The summed E-state index contributed by atoms with van der Waals surface area (Å²) in [6.07, 6.45) is 2.85. The first kappa shape index (κ1) is 13.4. The highest BCUT2D eigenvalue weighted by atomic mass is 16.5. The van der Waals surface area contributed by atoms with Crippen LogP contribution in [0.25, 0.3) is 0 Å². The zero-order valence-corrected chi connectivity index (χ0v) is 11.7. The number of methoxy groups -OCH3 is 1. The SMILES string of the molecule is CCC(Nc1ccc(C)nc1)c1ccccc1OC. The van der Waals surface area contributed by atoms with Crippen molar-refractivity contribution in [2.75, 3.05) is 12.4 Å². The highest BCUT2D eigenvalue weighted by Gasteiger charge is 2.13. The predicted molar refractivity (Wildman–Crippen MR) is 78.6 cm³/mol. The highest BCUT2D eigenvalue weighted by molar-refractivity contribution is 5.46. The molecule has 0 saturated heterocycles. The van der Waals surface area contributed by atoms with Crippen molar-refractivity contribution in [3.63, 3.8) is 0 Å². The van der Waals surface area contributed by atoms with Crippen LogP contribution in [0.1, 0.15) is 30.6 Å². The number of pyridine rings is 1. The summed E-state index contributed by atoms with van der Waals surface area (Å²) < 4.78 is 5.43. The van der Waals surface area contributed by atoms with E-state index in [2.05, 4.69) is 29.4 Å². The Balaban J connectivity index is 2.22. The van der Waals surface area contributed by atoms with E-state index in [1.54, 1.807) is 7.11 Å². The minimum absolute atomic E-state index is 0.223. The number of hydrogen-bond acceptors (Lipinski definition) is 3. The first-order valence-electron chi connectivity index (χ1n) is 6.56. The van der Waals surface area contributed by atoms with E-state index in [0.29, 0.717) is 0 Å². The molecule has 3 heteroatoms. The number of para-hydroxylation sites is 1. The summed E-state index contributed by atoms with van der Waals surface area (Å²) in [6.45, 7) is 4.15. The van der Waals surface area contributed by atoms with Gasteiger partial charge in [-0.1, -0.05) is 25.1 Å². The quantitative estimate of drug-likeness (QED) is 0.879. The molecule has 1 atom stereocenters. The second kappa shape index (κ2) is 6.23. The number of aromatic nitrogens is 1. The fourth-order valence-corrected chi connectivity index (χ4v) is 2.11. The molecule has 100 valence electrons. The number of rotatable bonds is 5. The third-order valence-electron chi connectivity index (χ3n) is 3.17. The lowest BCUT2D eigenvalue weighted by Gasteiger charge is -2.20. The summed E-state index contributed by atoms with van der Waals surface area (Å²) in [5, 5.41) is 3.50. The normalized spacial score (nSPS) is 11.9. The second-order valence-electron chi connectivity index (χ2n) is 4.54. The highest BCUT2D eigenvalue weighted by Crippen LogP contribution is 2.29. The van der Waals surface area contributed by atoms with Gasteiger partial charge in [0.25, 0.3) is 0 Å². The van der Waals surface area contributed by atoms with Crippen LogP contribution in [0.5, 0.6) is 5.75 Å². The van der Waals surface area contributed by atoms with Gasteiger partial charge >= 0.3 is 0 Å². The summed E-state index contributed by atoms with van der Waals surface area (Å²) in [6, 6.07) is 12.4. The lowest BCUT2D eigenvalue weighted by molar-refractivity contribution is 0.406. The van der Waals surface area contributed by atoms with E-state index in [9.17, 15) is 0 Å². The minimum Gasteiger partial charge on any atom is -0.496 e. The largest absolute Gasteiger partial charge is 0.496 e. The summed E-state index contributed by atoms with van der Waals surface area (Å²) in [7, 11) is 1.71. The molecule has 0 fully saturated rings. The molecular formula is C16H20N2O. The Morgan fingerprint density at radius 1 is 1.21 bits per heavy atom. The van der Waals surface area contributed by atoms with Gasteiger partial charge in [-0.3, -0.25) is 4.98 Å². The summed E-state index contributed by atoms with van der Waals surface area (Å²) in [5.74, 6) is 0.918. The van der Waals surface area contributed by atoms with Crippen LogP contribution in [-0.2, 0) is 0 Å². The molecule has 0 radical (unpaired) electrons. The van der Waals surface area contributed by atoms with Crippen molar-refractivity contribution in [2.24, 2.45) is 0 Å². The summed E-state index contributed by atoms with van der Waals surface area (Å²) in [5.41, 5.74) is 3.23. The number of nitrogens with one attached hydrogen (secondary N) is 1. The zero-order chi connectivity index (χ0) is 13.7. The van der Waals surface area contributed by atoms with Gasteiger partial charge in [-0.15, -0.1) is 0 Å². The van der Waals surface area contributed by atoms with E-state index in [1.807, 2.05) is 37.4 Å². The molecule has 2 rings (SSSR count). The third kappa shape index (κ3) is 3.25. The molecule has 0 aliphatic heterocycles. The van der Waals surface area contributed by atoms with Crippen molar-refractivity contribution < 1.29 is 4.74 Å². The van der Waals surface area contributed by atoms with Crippen LogP contribution in [-0.4, -0.2) is 12.1 Å². The Kier molecular flexibility index (Phi) is 4.39. The Labute approximate surface area is 114 Å². The first-order valence-corrected chi connectivity index (χ1v) is 6.56. The molecule has 2 aromatic rings. The monoisotopic (exact) mass is 256 g/mol. The van der Waals surface area contributed by atoms with Crippen LogP contribution in [0.4, 0.5) is 5.69 Å². The van der Waals surface area contributed by atoms with Crippen LogP contribution in [0.15, 0.2) is 42.6 Å². The van der Waals surface area contributed by atoms with Crippen molar-refractivity contribution in [2.45, 2.75) is 26.3 Å². The van der Waals surface area contributed by atoms with Gasteiger partial charge in [0.1, 0.15) is 5.75 Å². The van der Waals surface area contributed by atoms with E-state index in [0.717, 1.165) is 23.6 Å². The average molecular weight is 256 g/mol. The van der Waals surface area contributed by atoms with Crippen molar-refractivity contribution in [1.82, 2.24) is 4.98 Å². The van der Waals surface area contributed by atoms with Gasteiger partial charge in [-0.2, -0.15) is 0 Å². The van der Waals surface area contributed by atoms with Gasteiger partial charge < -0.3 is 10.1 Å². The van der Waals surface area contributed by atoms with Crippen molar-refractivity contribution >= 4 is 5.69 Å². The molecule has 0 spiro atoms. The molecule has 0 aliphatic rings. The molecular weight excluding hydrogens is 236 g/mol. The van der Waals surface area contributed by atoms with E-state index in [1.165, 1.54) is 5.56 Å². The molecule has 1 N–H and O–H groups in total. The summed E-state index contributed by atoms with van der Waals surface area (Å²) in [4.78, 5) is 4.31. The second-order valence-corrected chi connectivity index (χ2v) is 4.54. The standard InChI is InChI=1S/C16H20N2O/c1-4-15(14-7-5-6-8-16(14)19-3)18-13-10-9-12(2)17-11-13/h5-11,15,18H,4H2,1-3H3. The van der Waals surface area contributed by atoms with Crippen molar-refractivity contribution in [3.05, 3.63) is 53.9 Å². The van der Waals surface area contributed by atoms with E-state index >= 15 is 0 Å². The maximum Gasteiger partial charge on any atom is 0.124 e. The fraction of sp³-hybridized carbons (Fsp3) is 0.312. The van der Waals surface area contributed by atoms with Crippen molar-refractivity contribution in [1.29, 1.82) is 0 Å². The first-order chi connectivity index (χ1) is 9.24. The molecule has 3 nitrogen and oxygen atoms in total. The molecule has 0 bridgehead atoms. The van der Waals surface area contributed by atoms with Gasteiger partial charge in [-0.05, 0) is 31.5 Å². The zero-order valence-electron chi connectivity index (χ0n) is 11.7. The number of aryl methyl sites for hydroxylation is 1. The fourth-order valence-electron chi connectivity index (χ4n) is 2.11. The van der Waals surface area contributed by atoms with E-state index in [-0.39, 0.29) is 6.04 Å². The molecule has 1 heterocycles. The van der Waals surface area contributed by atoms with Crippen LogP contribution >= 0.6 is 0 Å². The topological polar surface area (TPSA) is 34.2 Å². The Morgan fingerprint density at radius 2 is 2.00 bits per heavy atom. The minimum atomic E-state index is 0.223. The van der Waals surface area contributed by atoms with E-state index < -0.39 is 0 Å². The number of hydrogen-bond donors (Lipinski definition) is 1. The number of ether oxygens (including phenoxy) is 1. The molecule has 0 saturated carbocycles. The maximum absolute atomic E-state index is 5.43. The Morgan fingerprint density at radius 3 is 2.63 bits per heavy atom. The lowest BCUT2D eigenvalue weighted by atomic mass is 10.0. The average Bonchev–Trinajstić information content (AvgIpc) is 2.46. The number of benzene rings is 1. The predicted octanol–water partition coefficient (Wildman–Crippen LogP) is 3.96. The van der Waals surface area contributed by atoms with Gasteiger partial charge in [0.15, 0.2) is 0 Å². The summed E-state index contributed by atoms with van der Waals surface area (Å²) >= 11 is 0. The Bertz CT molecular complexity index is 523. The van der Waals surface area contributed by atoms with Crippen LogP contribution < -0.4 is 10.1 Å². The van der Waals surface area contributed by atoms with E-state index in [4.69, 9.17) is 4.74 Å². The van der Waals surface area contributed by atoms with Gasteiger partial charge in [0, 0.05) is 11.3 Å². The molecule has 1 aromatic heterocycles. The van der Waals surface area contributed by atoms with Gasteiger partial charge in [0.05, 0.1) is 25.0 Å².